The van der Waals surface area contributed by atoms with Gasteiger partial charge in [-0.05, 0) is 110 Å². The number of furan rings is 2. The Morgan fingerprint density at radius 1 is 0.179 bits per heavy atom. The molecule has 30 rings (SSSR count). The topological polar surface area (TPSA) is 147 Å². The third-order valence-corrected chi connectivity index (χ3v) is 30.7. The van der Waals surface area contributed by atoms with Crippen LogP contribution in [0.5, 0.6) is 0 Å². The minimum absolute atomic E-state index is 0.615. The van der Waals surface area contributed by atoms with E-state index in [2.05, 4.69) is 362 Å². The molecule has 652 valence electrons. The minimum Gasteiger partial charge on any atom is -0.455 e. The van der Waals surface area contributed by atoms with Gasteiger partial charge in [-0.15, -0.1) is 34.0 Å². The monoisotopic (exact) mass is 1840 g/mol. The Kier molecular flexibility index (Phi) is 18.9. The minimum atomic E-state index is 0.615. The van der Waals surface area contributed by atoms with Crippen LogP contribution in [0.1, 0.15) is 0 Å². The van der Waals surface area contributed by atoms with Crippen molar-refractivity contribution in [2.24, 2.45) is 0 Å². The fraction of sp³-hybridized carbons (Fsp3) is 0. The highest BCUT2D eigenvalue weighted by molar-refractivity contribution is 7.27. The lowest BCUT2D eigenvalue weighted by atomic mass is 10.00. The van der Waals surface area contributed by atoms with Gasteiger partial charge in [-0.25, -0.2) is 44.9 Å². The van der Waals surface area contributed by atoms with Crippen molar-refractivity contribution in [1.29, 1.82) is 0 Å². The Bertz CT molecular complexity index is 10200. The number of fused-ring (bicyclic) bond motifs is 28. The van der Waals surface area contributed by atoms with Gasteiger partial charge in [-0.1, -0.05) is 370 Å². The molecular formula is C125H72N10O2S3. The van der Waals surface area contributed by atoms with E-state index >= 15 is 0 Å². The molecule has 0 aliphatic rings. The summed E-state index contributed by atoms with van der Waals surface area (Å²) in [5.41, 5.74) is 15.4. The number of nitrogens with zero attached hydrogens (tertiary/aromatic N) is 10. The summed E-state index contributed by atoms with van der Waals surface area (Å²) in [5.74, 6) is 5.77. The summed E-state index contributed by atoms with van der Waals surface area (Å²) >= 11 is 5.48. The largest absolute Gasteiger partial charge is 0.455 e. The van der Waals surface area contributed by atoms with Crippen LogP contribution in [-0.2, 0) is 0 Å². The molecule has 0 N–H and O–H groups in total. The van der Waals surface area contributed by atoms with E-state index in [1.807, 2.05) is 113 Å². The molecule has 0 atom stereocenters. The van der Waals surface area contributed by atoms with Crippen molar-refractivity contribution in [1.82, 2.24) is 49.4 Å². The zero-order valence-corrected chi connectivity index (χ0v) is 77.0. The van der Waals surface area contributed by atoms with E-state index in [-0.39, 0.29) is 0 Å². The van der Waals surface area contributed by atoms with Crippen molar-refractivity contribution in [3.05, 3.63) is 437 Å². The van der Waals surface area contributed by atoms with Gasteiger partial charge in [0.15, 0.2) is 52.4 Å². The molecule has 0 aliphatic heterocycles. The maximum Gasteiger partial charge on any atom is 0.164 e. The van der Waals surface area contributed by atoms with Crippen LogP contribution in [0.2, 0.25) is 0 Å². The Labute approximate surface area is 811 Å². The molecule has 15 heteroatoms. The fourth-order valence-corrected chi connectivity index (χ4v) is 24.5. The first-order chi connectivity index (χ1) is 69.4. The molecular weight excluding hydrogens is 1770 g/mol. The molecule has 140 heavy (non-hydrogen) atoms. The molecule has 0 unspecified atom stereocenters. The van der Waals surface area contributed by atoms with E-state index in [1.165, 1.54) is 109 Å². The second-order valence-electron chi connectivity index (χ2n) is 35.2. The van der Waals surface area contributed by atoms with Crippen molar-refractivity contribution in [2.75, 3.05) is 0 Å². The van der Waals surface area contributed by atoms with Crippen LogP contribution in [0.15, 0.2) is 446 Å². The van der Waals surface area contributed by atoms with Gasteiger partial charge in [-0.2, -0.15) is 0 Å². The second-order valence-corrected chi connectivity index (χ2v) is 38.3. The molecule has 21 aromatic carbocycles. The third kappa shape index (κ3) is 13.4. The molecule has 0 bridgehead atoms. The first kappa shape index (κ1) is 80.5. The normalized spacial score (nSPS) is 11.9. The summed E-state index contributed by atoms with van der Waals surface area (Å²) < 4.78 is 22.8. The van der Waals surface area contributed by atoms with Gasteiger partial charge in [0, 0.05) is 159 Å². The summed E-state index contributed by atoms with van der Waals surface area (Å²) in [6, 6.07) is 152. The van der Waals surface area contributed by atoms with Gasteiger partial charge in [0.1, 0.15) is 22.3 Å². The molecule has 0 aliphatic carbocycles. The maximum atomic E-state index is 6.52. The third-order valence-electron chi connectivity index (χ3n) is 27.1. The number of hydrogen-bond acceptors (Lipinski definition) is 14. The molecule has 12 nitrogen and oxygen atoms in total. The predicted octanol–water partition coefficient (Wildman–Crippen LogP) is 34.4. The molecule has 0 saturated heterocycles. The zero-order chi connectivity index (χ0) is 92.0. The summed E-state index contributed by atoms with van der Waals surface area (Å²) in [7, 11) is 0. The first-order valence-electron chi connectivity index (χ1n) is 46.6. The molecule has 0 spiro atoms. The molecule has 9 aromatic heterocycles. The van der Waals surface area contributed by atoms with E-state index in [0.29, 0.717) is 52.4 Å². The van der Waals surface area contributed by atoms with Crippen molar-refractivity contribution in [2.45, 2.75) is 0 Å². The van der Waals surface area contributed by atoms with Crippen molar-refractivity contribution >= 4 is 214 Å². The number of benzene rings is 21. The second kappa shape index (κ2) is 32.9. The van der Waals surface area contributed by atoms with Gasteiger partial charge in [0.25, 0.3) is 0 Å². The van der Waals surface area contributed by atoms with Crippen molar-refractivity contribution < 1.29 is 8.83 Å². The summed E-state index contributed by atoms with van der Waals surface area (Å²) in [5, 5.41) is 25.6. The van der Waals surface area contributed by atoms with Gasteiger partial charge in [-0.3, -0.25) is 0 Å². The van der Waals surface area contributed by atoms with Gasteiger partial charge in [0.05, 0.1) is 11.0 Å². The summed E-state index contributed by atoms with van der Waals surface area (Å²) in [4.78, 5) is 46.5. The van der Waals surface area contributed by atoms with E-state index in [1.54, 1.807) is 0 Å². The van der Waals surface area contributed by atoms with E-state index in [4.69, 9.17) is 53.7 Å². The predicted molar refractivity (Wildman–Crippen MR) is 583 cm³/mol. The number of hydrogen-bond donors (Lipinski definition) is 0. The van der Waals surface area contributed by atoms with Crippen LogP contribution >= 0.6 is 34.0 Å². The van der Waals surface area contributed by atoms with Crippen LogP contribution in [-0.4, -0.2) is 49.4 Å². The van der Waals surface area contributed by atoms with Crippen LogP contribution < -0.4 is 0 Å². The highest BCUT2D eigenvalue weighted by atomic mass is 32.1. The van der Waals surface area contributed by atoms with Gasteiger partial charge >= 0.3 is 0 Å². The molecule has 9 heterocycles. The number of rotatable bonds is 10. The summed E-state index contributed by atoms with van der Waals surface area (Å²) in [6.45, 7) is 0. The van der Waals surface area contributed by atoms with Crippen LogP contribution in [0.4, 0.5) is 0 Å². The smallest absolute Gasteiger partial charge is 0.164 e. The van der Waals surface area contributed by atoms with Crippen LogP contribution in [0.3, 0.4) is 0 Å². The number of para-hydroxylation sites is 3. The van der Waals surface area contributed by atoms with E-state index in [0.717, 1.165) is 127 Å². The number of thiophene rings is 3. The average Bonchev–Trinajstić information content (AvgIpc) is 1.59. The quantitative estimate of drug-likeness (QED) is 0.129. The van der Waals surface area contributed by atoms with Crippen molar-refractivity contribution in [3.63, 3.8) is 0 Å². The van der Waals surface area contributed by atoms with Gasteiger partial charge < -0.3 is 13.4 Å². The maximum absolute atomic E-state index is 6.52. The Hall–Kier alpha value is -18.0. The van der Waals surface area contributed by atoms with Crippen molar-refractivity contribution in [3.8, 4) is 108 Å². The SMILES string of the molecule is c1ccc(-c2nc(-c3ccc4c5ccccc5n(-c5ccccc5)c4c3)nc(-c3cccc4sc5c6ccccc6ccc5c34)n2)cc1.c1ccc(-c2nc(-c3cccc4oc5c6ccccc6ccc5c34)nc(-c3cccc4sc5c6ccccc6ccc5c34)n2)cc1.c1ccc(-c2nc(-c3cccc4sc5c6ccccc6ccc5c34)nc(-c3cccc4ccc5c6ccccc6oc5c34)n2)cc1. The zero-order valence-electron chi connectivity index (χ0n) is 74.6. The first-order valence-corrected chi connectivity index (χ1v) is 49.1. The average molecular weight is 1840 g/mol. The van der Waals surface area contributed by atoms with Crippen LogP contribution in [0, 0.1) is 0 Å². The summed E-state index contributed by atoms with van der Waals surface area (Å²) in [6.07, 6.45) is 0. The molecule has 30 aromatic rings. The highest BCUT2D eigenvalue weighted by Crippen LogP contribution is 2.50. The highest BCUT2D eigenvalue weighted by Gasteiger charge is 2.27. The Balaban J connectivity index is 0.000000103. The number of aromatic nitrogens is 10. The van der Waals surface area contributed by atoms with E-state index in [9.17, 15) is 0 Å². The molecule has 0 radical (unpaired) electrons. The van der Waals surface area contributed by atoms with Gasteiger partial charge in [0.2, 0.25) is 0 Å². The lowest BCUT2D eigenvalue weighted by Gasteiger charge is -2.11. The lowest BCUT2D eigenvalue weighted by molar-refractivity contribution is 0.672. The molecule has 0 amide bonds. The lowest BCUT2D eigenvalue weighted by Crippen LogP contribution is -2.00. The standard InChI is InChI=1S/C43H26N4S.2C41H23N3OS/c1-3-13-28(14-4-1)41-44-42(29-23-24-33-32-18-9-10-20-36(32)47(37(33)26-29)30-15-5-2-6-16-30)46-43(45-41)35-19-11-21-38-39(35)34-25-22-27-12-7-8-17-31(27)40(34)48-38;1-2-12-26(13-3-1)39-42-40(31-16-8-18-33-35(31)29-22-20-24-10-4-6-14-27(24)37(29)45-33)44-41(43-39)32-17-9-19-34-36(32)30-23-21-25-11-5-7-15-28(25)38(30)46-34;1-2-11-26(12-3-1)39-42-40(31-16-8-13-25-21-22-29-28-15-6-7-18-33(28)45-37(29)35(25)31)44-41(43-39)32-17-9-19-34-36(32)30-23-20-24-10-4-5-14-27(24)38(30)46-34/h1-26H;2*1-23H. The van der Waals surface area contributed by atoms with E-state index < -0.39 is 0 Å². The Morgan fingerprint density at radius 3 is 0.993 bits per heavy atom. The molecule has 0 fully saturated rings. The molecule has 0 saturated carbocycles. The Morgan fingerprint density at radius 2 is 0.500 bits per heavy atom. The van der Waals surface area contributed by atoms with Crippen LogP contribution in [0.25, 0.3) is 288 Å². The fourth-order valence-electron chi connectivity index (χ4n) is 20.7.